The molecule has 0 spiro atoms. The molecule has 0 aromatic heterocycles. The molecule has 0 fully saturated rings. The van der Waals surface area contributed by atoms with Crippen molar-refractivity contribution >= 4 is 39.3 Å². The van der Waals surface area contributed by atoms with E-state index in [2.05, 4.69) is 17.9 Å². The van der Waals surface area contributed by atoms with E-state index < -0.39 is 59.3 Å². The fourth-order valence-electron chi connectivity index (χ4n) is 1.23. The first-order valence-corrected chi connectivity index (χ1v) is 12.9. The molecule has 9 nitrogen and oxygen atoms in total. The van der Waals surface area contributed by atoms with Crippen LogP contribution in [0, 0.1) is 0 Å². The van der Waals surface area contributed by atoms with Crippen LogP contribution in [0.5, 0.6) is 0 Å². The highest BCUT2D eigenvalue weighted by atomic mass is 32.3. The van der Waals surface area contributed by atoms with Gasteiger partial charge in [0.15, 0.2) is 28.1 Å². The molecule has 0 aliphatic rings. The van der Waals surface area contributed by atoms with Gasteiger partial charge in [-0.15, -0.1) is 0 Å². The van der Waals surface area contributed by atoms with Gasteiger partial charge >= 0.3 is 0 Å². The zero-order valence-corrected chi connectivity index (χ0v) is 16.7. The summed E-state index contributed by atoms with van der Waals surface area (Å²) in [5, 5.41) is 0.729. The molecular formula is C12H18O9S4. The average molecular weight is 435 g/mol. The molecule has 0 aliphatic heterocycles. The maximum absolute atomic E-state index is 11.8. The van der Waals surface area contributed by atoms with E-state index in [9.17, 15) is 33.7 Å². The first kappa shape index (κ1) is 23.6. The molecule has 0 heterocycles. The Kier molecular flexibility index (Phi) is 7.82. The maximum Gasteiger partial charge on any atom is 0.213 e. The Labute approximate surface area is 148 Å². The maximum atomic E-state index is 11.8. The average Bonchev–Trinajstić information content (AvgIpc) is 2.53. The second-order valence-corrected chi connectivity index (χ2v) is 13.0. The molecule has 0 N–H and O–H groups in total. The Balaban J connectivity index is 6.43. The molecule has 0 atom stereocenters. The van der Waals surface area contributed by atoms with Gasteiger partial charge in [-0.2, -0.15) is 0 Å². The van der Waals surface area contributed by atoms with Crippen LogP contribution in [-0.2, 0) is 44.1 Å². The molecule has 0 radical (unpaired) electrons. The number of hydrogen-bond acceptors (Lipinski definition) is 9. The standard InChI is InChI=1S/C12H18O9S4/c1-5-22(13,14)11(23(15,16)6-2)9-21-10-12(24(17,18)7-3)25(19,20)8-4/h5,7,9-10H,1,3,6,8H2,2,4H3. The van der Waals surface area contributed by atoms with Crippen molar-refractivity contribution < 1.29 is 38.4 Å². The summed E-state index contributed by atoms with van der Waals surface area (Å²) < 4.78 is 96.6. The summed E-state index contributed by atoms with van der Waals surface area (Å²) in [7, 11) is -17.5. The van der Waals surface area contributed by atoms with Gasteiger partial charge in [0.2, 0.25) is 19.7 Å². The van der Waals surface area contributed by atoms with Crippen LogP contribution in [0.1, 0.15) is 13.8 Å². The van der Waals surface area contributed by atoms with Gasteiger partial charge in [-0.3, -0.25) is 0 Å². The van der Waals surface area contributed by atoms with Crippen molar-refractivity contribution in [3.8, 4) is 0 Å². The topological polar surface area (TPSA) is 146 Å². The van der Waals surface area contributed by atoms with E-state index in [4.69, 9.17) is 0 Å². The van der Waals surface area contributed by atoms with E-state index in [1.807, 2.05) is 0 Å². The van der Waals surface area contributed by atoms with Crippen LogP contribution in [-0.4, -0.2) is 45.2 Å². The Morgan fingerprint density at radius 3 is 1.20 bits per heavy atom. The van der Waals surface area contributed by atoms with Crippen molar-refractivity contribution in [2.45, 2.75) is 13.8 Å². The van der Waals surface area contributed by atoms with Gasteiger partial charge in [-0.25, -0.2) is 33.7 Å². The van der Waals surface area contributed by atoms with Crippen LogP contribution in [0.25, 0.3) is 0 Å². The second kappa shape index (κ2) is 8.29. The molecule has 0 aromatic carbocycles. The van der Waals surface area contributed by atoms with Crippen LogP contribution in [0.3, 0.4) is 0 Å². The zero-order chi connectivity index (χ0) is 20.1. The van der Waals surface area contributed by atoms with Gasteiger partial charge in [-0.05, 0) is 0 Å². The highest BCUT2D eigenvalue weighted by Crippen LogP contribution is 2.20. The largest absolute Gasteiger partial charge is 0.468 e. The van der Waals surface area contributed by atoms with Gasteiger partial charge in [-0.1, -0.05) is 27.0 Å². The van der Waals surface area contributed by atoms with Gasteiger partial charge in [0.25, 0.3) is 0 Å². The second-order valence-electron chi connectivity index (χ2n) is 4.24. The first-order chi connectivity index (χ1) is 11.2. The van der Waals surface area contributed by atoms with Crippen molar-refractivity contribution in [2.75, 3.05) is 11.5 Å². The van der Waals surface area contributed by atoms with Crippen molar-refractivity contribution in [2.24, 2.45) is 0 Å². The van der Waals surface area contributed by atoms with Crippen molar-refractivity contribution in [1.82, 2.24) is 0 Å². The van der Waals surface area contributed by atoms with Crippen molar-refractivity contribution in [3.63, 3.8) is 0 Å². The molecule has 144 valence electrons. The van der Waals surface area contributed by atoms with Gasteiger partial charge in [0.05, 0.1) is 11.5 Å². The SMILES string of the molecule is C=CS(=O)(=O)C(=COC=C(S(=O)(=O)C=C)S(=O)(=O)CC)S(=O)(=O)CC. The Hall–Kier alpha value is -1.44. The first-order valence-electron chi connectivity index (χ1n) is 6.48. The fraction of sp³-hybridized carbons (Fsp3) is 0.333. The highest BCUT2D eigenvalue weighted by molar-refractivity contribution is 8.16. The van der Waals surface area contributed by atoms with Crippen LogP contribution < -0.4 is 0 Å². The molecule has 0 aromatic rings. The molecule has 0 saturated heterocycles. The number of rotatable bonds is 10. The van der Waals surface area contributed by atoms with E-state index in [0.717, 1.165) is 0 Å². The number of hydrogen-bond donors (Lipinski definition) is 0. The summed E-state index contributed by atoms with van der Waals surface area (Å²) in [5.41, 5.74) is 0. The normalized spacial score (nSPS) is 14.8. The molecule has 0 rings (SSSR count). The summed E-state index contributed by atoms with van der Waals surface area (Å²) in [6, 6.07) is 0. The molecule has 25 heavy (non-hydrogen) atoms. The predicted octanol–water partition coefficient (Wildman–Crippen LogP) is 0.587. The monoisotopic (exact) mass is 434 g/mol. The minimum absolute atomic E-state index is 0.236. The highest BCUT2D eigenvalue weighted by Gasteiger charge is 2.29. The number of sulfone groups is 4. The lowest BCUT2D eigenvalue weighted by Crippen LogP contribution is -2.15. The van der Waals surface area contributed by atoms with Gasteiger partial charge < -0.3 is 4.74 Å². The Morgan fingerprint density at radius 2 is 1.00 bits per heavy atom. The molecule has 13 heteroatoms. The lowest BCUT2D eigenvalue weighted by atomic mass is 11.0. The van der Waals surface area contributed by atoms with E-state index in [-0.39, 0.29) is 12.5 Å². The van der Waals surface area contributed by atoms with E-state index in [1.54, 1.807) is 0 Å². The molecule has 0 bridgehead atoms. The van der Waals surface area contributed by atoms with Crippen LogP contribution in [0.15, 0.2) is 45.0 Å². The minimum atomic E-state index is -4.45. The van der Waals surface area contributed by atoms with E-state index in [1.165, 1.54) is 13.8 Å². The molecule has 0 saturated carbocycles. The Bertz CT molecular complexity index is 922. The van der Waals surface area contributed by atoms with E-state index >= 15 is 0 Å². The minimum Gasteiger partial charge on any atom is -0.468 e. The summed E-state index contributed by atoms with van der Waals surface area (Å²) in [6.45, 7) is 8.31. The quantitative estimate of drug-likeness (QED) is 0.451. The van der Waals surface area contributed by atoms with Crippen LogP contribution in [0.4, 0.5) is 0 Å². The third-order valence-electron chi connectivity index (χ3n) is 2.70. The summed E-state index contributed by atoms with van der Waals surface area (Å²) in [6.07, 6.45) is 0.471. The van der Waals surface area contributed by atoms with E-state index in [0.29, 0.717) is 10.8 Å². The van der Waals surface area contributed by atoms with Crippen molar-refractivity contribution in [1.29, 1.82) is 0 Å². The van der Waals surface area contributed by atoms with Crippen molar-refractivity contribution in [3.05, 3.63) is 45.0 Å². The van der Waals surface area contributed by atoms with Crippen LogP contribution in [0.2, 0.25) is 0 Å². The van der Waals surface area contributed by atoms with Crippen LogP contribution >= 0.6 is 0 Å². The third kappa shape index (κ3) is 5.80. The lowest BCUT2D eigenvalue weighted by molar-refractivity contribution is 0.401. The third-order valence-corrected chi connectivity index (χ3v) is 10.7. The smallest absolute Gasteiger partial charge is 0.213 e. The molecule has 0 amide bonds. The van der Waals surface area contributed by atoms with Gasteiger partial charge in [0, 0.05) is 10.8 Å². The summed E-state index contributed by atoms with van der Waals surface area (Å²) >= 11 is 0. The zero-order valence-electron chi connectivity index (χ0n) is 13.4. The summed E-state index contributed by atoms with van der Waals surface area (Å²) in [5.74, 6) is -1.19. The lowest BCUT2D eigenvalue weighted by Gasteiger charge is -2.07. The predicted molar refractivity (Wildman–Crippen MR) is 94.4 cm³/mol. The Morgan fingerprint density at radius 1 is 0.720 bits per heavy atom. The fourth-order valence-corrected chi connectivity index (χ4v) is 6.86. The summed E-state index contributed by atoms with van der Waals surface area (Å²) in [4.78, 5) is 0. The number of ether oxygens (including phenoxy) is 1. The molecule has 0 unspecified atom stereocenters. The van der Waals surface area contributed by atoms with Gasteiger partial charge in [0.1, 0.15) is 12.5 Å². The molecular weight excluding hydrogens is 416 g/mol. The molecule has 0 aliphatic carbocycles.